The van der Waals surface area contributed by atoms with Crippen molar-refractivity contribution in [2.75, 3.05) is 26.3 Å². The van der Waals surface area contributed by atoms with Crippen LogP contribution in [0.15, 0.2) is 35.2 Å². The second-order valence-corrected chi connectivity index (χ2v) is 11.8. The highest BCUT2D eigenvalue weighted by Gasteiger charge is 2.27. The van der Waals surface area contributed by atoms with E-state index in [9.17, 15) is 8.42 Å². The minimum absolute atomic E-state index is 0.300. The first-order chi connectivity index (χ1) is 15.3. The lowest BCUT2D eigenvalue weighted by Gasteiger charge is -2.26. The molecule has 1 aromatic carbocycles. The maximum Gasteiger partial charge on any atom is 0.243 e. The molecule has 1 saturated heterocycles. The molecule has 1 fully saturated rings. The Bertz CT molecular complexity index is 1180. The first-order valence-corrected chi connectivity index (χ1v) is 13.4. The number of fused-ring (bicyclic) bond motifs is 1. The minimum Gasteiger partial charge on any atom is -0.379 e. The normalized spacial score (nSPS) is 15.9. The van der Waals surface area contributed by atoms with Gasteiger partial charge >= 0.3 is 0 Å². The highest BCUT2D eigenvalue weighted by atomic mass is 32.2. The number of ether oxygens (including phenoxy) is 1. The molecule has 0 spiro atoms. The van der Waals surface area contributed by atoms with E-state index in [0.29, 0.717) is 43.8 Å². The fourth-order valence-corrected chi connectivity index (χ4v) is 6.45. The number of aromatic nitrogens is 2. The summed E-state index contributed by atoms with van der Waals surface area (Å²) in [5.41, 5.74) is 1.70. The quantitative estimate of drug-likeness (QED) is 0.494. The standard InChI is InChI=1S/C23H32N4O3S2/c1-5-27-22-9-8-20(32(28,29)26-10-12-30-13-11-26)14-21(22)24-23(27)16-25(17(2)3)15-19-7-6-18(4)31-19/h6-9,14,17H,5,10-13,15-16H2,1-4H3. The molecule has 7 nitrogen and oxygen atoms in total. The zero-order valence-corrected chi connectivity index (χ0v) is 20.9. The number of morpholine rings is 1. The molecule has 3 heterocycles. The Morgan fingerprint density at radius 3 is 2.53 bits per heavy atom. The Labute approximate surface area is 194 Å². The number of rotatable bonds is 8. The third-order valence-corrected chi connectivity index (χ3v) is 8.83. The van der Waals surface area contributed by atoms with Gasteiger partial charge in [0.05, 0.1) is 35.7 Å². The van der Waals surface area contributed by atoms with E-state index in [2.05, 4.69) is 49.3 Å². The lowest BCUT2D eigenvalue weighted by Crippen LogP contribution is -2.40. The van der Waals surface area contributed by atoms with Gasteiger partial charge in [0, 0.05) is 42.0 Å². The van der Waals surface area contributed by atoms with Crippen molar-refractivity contribution in [1.29, 1.82) is 0 Å². The third-order valence-electron chi connectivity index (χ3n) is 5.95. The highest BCUT2D eigenvalue weighted by molar-refractivity contribution is 7.89. The van der Waals surface area contributed by atoms with Crippen molar-refractivity contribution >= 4 is 32.4 Å². The molecule has 1 aliphatic rings. The zero-order valence-electron chi connectivity index (χ0n) is 19.2. The van der Waals surface area contributed by atoms with Crippen LogP contribution in [-0.2, 0) is 34.4 Å². The number of benzene rings is 1. The number of nitrogens with zero attached hydrogens (tertiary/aromatic N) is 4. The molecule has 1 aliphatic heterocycles. The van der Waals surface area contributed by atoms with E-state index in [1.807, 2.05) is 17.4 Å². The molecule has 0 radical (unpaired) electrons. The van der Waals surface area contributed by atoms with Crippen molar-refractivity contribution in [2.45, 2.75) is 58.3 Å². The first-order valence-electron chi connectivity index (χ1n) is 11.2. The van der Waals surface area contributed by atoms with E-state index in [1.165, 1.54) is 14.1 Å². The van der Waals surface area contributed by atoms with Crippen LogP contribution in [0.2, 0.25) is 0 Å². The highest BCUT2D eigenvalue weighted by Crippen LogP contribution is 2.25. The molecule has 0 bridgehead atoms. The van der Waals surface area contributed by atoms with Crippen molar-refractivity contribution in [2.24, 2.45) is 0 Å². The van der Waals surface area contributed by atoms with E-state index in [1.54, 1.807) is 12.1 Å². The number of hydrogen-bond donors (Lipinski definition) is 0. The molecule has 3 aromatic rings. The second kappa shape index (κ2) is 9.61. The van der Waals surface area contributed by atoms with Gasteiger partial charge in [-0.05, 0) is 58.0 Å². The van der Waals surface area contributed by atoms with Crippen LogP contribution in [0.1, 0.15) is 36.3 Å². The fraction of sp³-hybridized carbons (Fsp3) is 0.522. The summed E-state index contributed by atoms with van der Waals surface area (Å²) in [5.74, 6) is 0.963. The van der Waals surface area contributed by atoms with Gasteiger partial charge in [0.25, 0.3) is 0 Å². The molecular formula is C23H32N4O3S2. The minimum atomic E-state index is -3.54. The van der Waals surface area contributed by atoms with Crippen molar-refractivity contribution in [3.63, 3.8) is 0 Å². The number of imidazole rings is 1. The molecule has 0 N–H and O–H groups in total. The Morgan fingerprint density at radius 1 is 1.16 bits per heavy atom. The van der Waals surface area contributed by atoms with Crippen LogP contribution in [-0.4, -0.2) is 59.5 Å². The van der Waals surface area contributed by atoms with Gasteiger partial charge in [-0.1, -0.05) is 0 Å². The Hall–Kier alpha value is -1.78. The fourth-order valence-electron chi connectivity index (χ4n) is 4.10. The summed E-state index contributed by atoms with van der Waals surface area (Å²) >= 11 is 1.83. The van der Waals surface area contributed by atoms with E-state index < -0.39 is 10.0 Å². The van der Waals surface area contributed by atoms with Crippen LogP contribution in [0.4, 0.5) is 0 Å². The molecule has 0 unspecified atom stereocenters. The van der Waals surface area contributed by atoms with Gasteiger partial charge in [-0.15, -0.1) is 11.3 Å². The van der Waals surface area contributed by atoms with E-state index in [-0.39, 0.29) is 0 Å². The van der Waals surface area contributed by atoms with Gasteiger partial charge in [0.15, 0.2) is 0 Å². The second-order valence-electron chi connectivity index (χ2n) is 8.45. The number of thiophene rings is 1. The summed E-state index contributed by atoms with van der Waals surface area (Å²) in [4.78, 5) is 10.3. The number of aryl methyl sites for hydroxylation is 2. The van der Waals surface area contributed by atoms with E-state index in [4.69, 9.17) is 9.72 Å². The lowest BCUT2D eigenvalue weighted by atomic mass is 10.3. The average molecular weight is 477 g/mol. The van der Waals surface area contributed by atoms with Crippen LogP contribution < -0.4 is 0 Å². The lowest BCUT2D eigenvalue weighted by molar-refractivity contribution is 0.0730. The molecule has 0 saturated carbocycles. The van der Waals surface area contributed by atoms with Crippen LogP contribution in [0.5, 0.6) is 0 Å². The molecule has 2 aromatic heterocycles. The van der Waals surface area contributed by atoms with E-state index >= 15 is 0 Å². The summed E-state index contributed by atoms with van der Waals surface area (Å²) in [6.45, 7) is 12.7. The van der Waals surface area contributed by atoms with Crippen molar-refractivity contribution < 1.29 is 13.2 Å². The van der Waals surface area contributed by atoms with Crippen molar-refractivity contribution in [3.05, 3.63) is 45.9 Å². The van der Waals surface area contributed by atoms with E-state index in [0.717, 1.165) is 29.9 Å². The van der Waals surface area contributed by atoms with Crippen LogP contribution in [0.25, 0.3) is 11.0 Å². The van der Waals surface area contributed by atoms with Crippen LogP contribution in [0, 0.1) is 6.92 Å². The molecule has 32 heavy (non-hydrogen) atoms. The Morgan fingerprint density at radius 2 is 1.91 bits per heavy atom. The molecular weight excluding hydrogens is 444 g/mol. The van der Waals surface area contributed by atoms with Crippen LogP contribution >= 0.6 is 11.3 Å². The molecule has 174 valence electrons. The maximum absolute atomic E-state index is 13.1. The SMILES string of the molecule is CCn1c(CN(Cc2ccc(C)s2)C(C)C)nc2cc(S(=O)(=O)N3CCOCC3)ccc21. The molecule has 0 aliphatic carbocycles. The van der Waals surface area contributed by atoms with Gasteiger partial charge in [0.1, 0.15) is 5.82 Å². The predicted molar refractivity (Wildman–Crippen MR) is 128 cm³/mol. The number of hydrogen-bond acceptors (Lipinski definition) is 6. The average Bonchev–Trinajstić information content (AvgIpc) is 3.35. The van der Waals surface area contributed by atoms with Gasteiger partial charge in [-0.3, -0.25) is 4.90 Å². The summed E-state index contributed by atoms with van der Waals surface area (Å²) < 4.78 is 35.2. The number of sulfonamides is 1. The largest absolute Gasteiger partial charge is 0.379 e. The van der Waals surface area contributed by atoms with Gasteiger partial charge in [-0.25, -0.2) is 13.4 Å². The molecule has 4 rings (SSSR count). The summed E-state index contributed by atoms with van der Waals surface area (Å²) in [6.07, 6.45) is 0. The predicted octanol–water partition coefficient (Wildman–Crippen LogP) is 3.86. The maximum atomic E-state index is 13.1. The van der Waals surface area contributed by atoms with Crippen molar-refractivity contribution in [1.82, 2.24) is 18.8 Å². The van der Waals surface area contributed by atoms with Crippen LogP contribution in [0.3, 0.4) is 0 Å². The Balaban J connectivity index is 1.64. The Kier molecular flexibility index (Phi) is 7.02. The first kappa shape index (κ1) is 23.4. The molecule has 9 heteroatoms. The van der Waals surface area contributed by atoms with Gasteiger partial charge in [0.2, 0.25) is 10.0 Å². The summed E-state index contributed by atoms with van der Waals surface area (Å²) in [7, 11) is -3.54. The summed E-state index contributed by atoms with van der Waals surface area (Å²) in [6, 6.07) is 10.0. The summed E-state index contributed by atoms with van der Waals surface area (Å²) in [5, 5.41) is 0. The third kappa shape index (κ3) is 4.77. The monoisotopic (exact) mass is 476 g/mol. The van der Waals surface area contributed by atoms with Gasteiger partial charge < -0.3 is 9.30 Å². The van der Waals surface area contributed by atoms with Crippen molar-refractivity contribution in [3.8, 4) is 0 Å². The molecule has 0 atom stereocenters. The van der Waals surface area contributed by atoms with Gasteiger partial charge in [-0.2, -0.15) is 4.31 Å². The smallest absolute Gasteiger partial charge is 0.243 e. The topological polar surface area (TPSA) is 67.7 Å². The molecule has 0 amide bonds. The zero-order chi connectivity index (χ0) is 22.9.